The molecule has 0 aliphatic carbocycles. The van der Waals surface area contributed by atoms with Crippen LogP contribution in [0.4, 0.5) is 5.82 Å². The molecule has 3 N–H and O–H groups in total. The minimum absolute atomic E-state index is 0.161. The first kappa shape index (κ1) is 18.8. The average Bonchev–Trinajstić information content (AvgIpc) is 3.43. The van der Waals surface area contributed by atoms with Crippen molar-refractivity contribution in [2.75, 3.05) is 5.32 Å². The van der Waals surface area contributed by atoms with Gasteiger partial charge in [-0.15, -0.1) is 0 Å². The zero-order chi connectivity index (χ0) is 21.2. The summed E-state index contributed by atoms with van der Waals surface area (Å²) in [6, 6.07) is 16.5. The van der Waals surface area contributed by atoms with Gasteiger partial charge in [-0.25, -0.2) is 0 Å². The van der Waals surface area contributed by atoms with Gasteiger partial charge in [-0.2, -0.15) is 5.10 Å². The number of nitrogens with one attached hydrogen (secondary N) is 3. The van der Waals surface area contributed by atoms with Crippen LogP contribution in [0.25, 0.3) is 11.4 Å². The van der Waals surface area contributed by atoms with E-state index in [9.17, 15) is 9.59 Å². The van der Waals surface area contributed by atoms with Crippen molar-refractivity contribution >= 4 is 17.6 Å². The SMILES string of the molecule is O=C(NCc1ccccn1)c1cc2n(c1)CCc1c(NC(=O)c3ccccc3)n[nH]c1-2. The van der Waals surface area contributed by atoms with Crippen LogP contribution in [-0.2, 0) is 19.5 Å². The van der Waals surface area contributed by atoms with Gasteiger partial charge in [0.2, 0.25) is 0 Å². The maximum absolute atomic E-state index is 12.6. The summed E-state index contributed by atoms with van der Waals surface area (Å²) in [7, 11) is 0. The first-order valence-corrected chi connectivity index (χ1v) is 10.0. The third-order valence-electron chi connectivity index (χ3n) is 5.31. The van der Waals surface area contributed by atoms with Crippen LogP contribution in [0.5, 0.6) is 0 Å². The van der Waals surface area contributed by atoms with Gasteiger partial charge in [0.1, 0.15) is 0 Å². The number of aromatic amines is 1. The standard InChI is InChI=1S/C23H20N6O2/c30-22(25-13-17-8-4-5-10-24-17)16-12-19-20-18(9-11-29(19)14-16)21(28-27-20)26-23(31)15-6-2-1-3-7-15/h1-8,10,12,14H,9,11,13H2,(H,25,30)(H2,26,27,28,31). The molecular formula is C23H20N6O2. The van der Waals surface area contributed by atoms with Gasteiger partial charge in [-0.1, -0.05) is 24.3 Å². The third-order valence-corrected chi connectivity index (χ3v) is 5.31. The van der Waals surface area contributed by atoms with Crippen molar-refractivity contribution in [1.82, 2.24) is 25.1 Å². The topological polar surface area (TPSA) is 105 Å². The lowest BCUT2D eigenvalue weighted by Crippen LogP contribution is -2.22. The monoisotopic (exact) mass is 412 g/mol. The number of H-pyrrole nitrogens is 1. The van der Waals surface area contributed by atoms with Gasteiger partial charge in [0.15, 0.2) is 5.82 Å². The fraction of sp³-hybridized carbons (Fsp3) is 0.130. The summed E-state index contributed by atoms with van der Waals surface area (Å²) in [4.78, 5) is 29.3. The Labute approximate surface area is 178 Å². The number of hydrogen-bond acceptors (Lipinski definition) is 4. The smallest absolute Gasteiger partial charge is 0.256 e. The number of hydrogen-bond donors (Lipinski definition) is 3. The largest absolute Gasteiger partial charge is 0.346 e. The van der Waals surface area contributed by atoms with Gasteiger partial charge in [-0.3, -0.25) is 19.7 Å². The van der Waals surface area contributed by atoms with E-state index < -0.39 is 0 Å². The predicted molar refractivity (Wildman–Crippen MR) is 116 cm³/mol. The lowest BCUT2D eigenvalue weighted by molar-refractivity contribution is 0.0949. The molecular weight excluding hydrogens is 392 g/mol. The van der Waals surface area contributed by atoms with Gasteiger partial charge >= 0.3 is 0 Å². The Balaban J connectivity index is 1.33. The summed E-state index contributed by atoms with van der Waals surface area (Å²) in [5.74, 6) is 0.161. The van der Waals surface area contributed by atoms with Crippen LogP contribution < -0.4 is 10.6 Å². The van der Waals surface area contributed by atoms with Crippen LogP contribution in [0.3, 0.4) is 0 Å². The molecule has 0 fully saturated rings. The molecule has 1 aliphatic heterocycles. The summed E-state index contributed by atoms with van der Waals surface area (Å²) in [6.45, 7) is 1.06. The Hall–Kier alpha value is -4.20. The quantitative estimate of drug-likeness (QED) is 0.469. The van der Waals surface area contributed by atoms with E-state index in [1.54, 1.807) is 18.3 Å². The number of anilines is 1. The highest BCUT2D eigenvalue weighted by Crippen LogP contribution is 2.33. The van der Waals surface area contributed by atoms with Gasteiger partial charge in [0, 0.05) is 30.1 Å². The number of carbonyl (C=O) groups is 2. The molecule has 2 amide bonds. The average molecular weight is 412 g/mol. The van der Waals surface area contributed by atoms with Crippen LogP contribution in [0, 0.1) is 0 Å². The summed E-state index contributed by atoms with van der Waals surface area (Å²) in [5.41, 5.74) is 4.58. The van der Waals surface area contributed by atoms with Crippen molar-refractivity contribution in [3.8, 4) is 11.4 Å². The number of benzene rings is 1. The Morgan fingerprint density at radius 1 is 1.03 bits per heavy atom. The molecule has 5 rings (SSSR count). The highest BCUT2D eigenvalue weighted by molar-refractivity contribution is 6.04. The van der Waals surface area contributed by atoms with Crippen LogP contribution in [0.1, 0.15) is 32.0 Å². The van der Waals surface area contributed by atoms with Gasteiger partial charge in [0.25, 0.3) is 11.8 Å². The molecule has 154 valence electrons. The number of rotatable bonds is 5. The zero-order valence-corrected chi connectivity index (χ0v) is 16.6. The molecule has 1 aromatic carbocycles. The van der Waals surface area contributed by atoms with Crippen molar-refractivity contribution in [2.45, 2.75) is 19.5 Å². The fourth-order valence-electron chi connectivity index (χ4n) is 3.73. The van der Waals surface area contributed by atoms with E-state index >= 15 is 0 Å². The van der Waals surface area contributed by atoms with Crippen LogP contribution in [-0.4, -0.2) is 31.6 Å². The Bertz CT molecular complexity index is 1240. The molecule has 0 spiro atoms. The number of aromatic nitrogens is 4. The molecule has 8 heteroatoms. The molecule has 0 radical (unpaired) electrons. The predicted octanol–water partition coefficient (Wildman–Crippen LogP) is 3.01. The second-order valence-electron chi connectivity index (χ2n) is 7.31. The van der Waals surface area contributed by atoms with Crippen molar-refractivity contribution in [2.24, 2.45) is 0 Å². The second-order valence-corrected chi connectivity index (χ2v) is 7.31. The minimum Gasteiger partial charge on any atom is -0.346 e. The number of amides is 2. The molecule has 4 aromatic rings. The number of aryl methyl sites for hydroxylation is 1. The normalized spacial score (nSPS) is 12.0. The van der Waals surface area contributed by atoms with Crippen LogP contribution >= 0.6 is 0 Å². The third kappa shape index (κ3) is 3.71. The van der Waals surface area contributed by atoms with Gasteiger partial charge in [-0.05, 0) is 36.8 Å². The maximum atomic E-state index is 12.6. The first-order valence-electron chi connectivity index (χ1n) is 10.0. The van der Waals surface area contributed by atoms with E-state index in [1.807, 2.05) is 53.2 Å². The van der Waals surface area contributed by atoms with Crippen LogP contribution in [0.15, 0.2) is 67.0 Å². The second kappa shape index (κ2) is 7.91. The Kier molecular flexibility index (Phi) is 4.80. The van der Waals surface area contributed by atoms with Crippen molar-refractivity contribution < 1.29 is 9.59 Å². The van der Waals surface area contributed by atoms with Crippen molar-refractivity contribution in [3.05, 3.63) is 89.4 Å². The highest BCUT2D eigenvalue weighted by atomic mass is 16.2. The summed E-state index contributed by atoms with van der Waals surface area (Å²) in [5, 5.41) is 13.1. The van der Waals surface area contributed by atoms with E-state index in [4.69, 9.17) is 0 Å². The first-order chi connectivity index (χ1) is 15.2. The fourth-order valence-corrected chi connectivity index (χ4v) is 3.73. The molecule has 0 saturated carbocycles. The number of fused-ring (bicyclic) bond motifs is 3. The number of pyridine rings is 1. The molecule has 0 saturated heterocycles. The highest BCUT2D eigenvalue weighted by Gasteiger charge is 2.25. The van der Waals surface area contributed by atoms with E-state index in [-0.39, 0.29) is 11.8 Å². The van der Waals surface area contributed by atoms with Gasteiger partial charge < -0.3 is 15.2 Å². The number of carbonyl (C=O) groups excluding carboxylic acids is 2. The lowest BCUT2D eigenvalue weighted by atomic mass is 10.1. The van der Waals surface area contributed by atoms with E-state index in [2.05, 4.69) is 25.8 Å². The van der Waals surface area contributed by atoms with E-state index in [0.29, 0.717) is 36.5 Å². The van der Waals surface area contributed by atoms with Crippen molar-refractivity contribution in [1.29, 1.82) is 0 Å². The summed E-state index contributed by atoms with van der Waals surface area (Å²) in [6.07, 6.45) is 4.24. The molecule has 3 aromatic heterocycles. The van der Waals surface area contributed by atoms with E-state index in [0.717, 1.165) is 22.6 Å². The molecule has 0 unspecified atom stereocenters. The molecule has 4 heterocycles. The molecule has 1 aliphatic rings. The molecule has 0 atom stereocenters. The Morgan fingerprint density at radius 2 is 1.87 bits per heavy atom. The number of nitrogens with zero attached hydrogens (tertiary/aromatic N) is 3. The summed E-state index contributed by atoms with van der Waals surface area (Å²) >= 11 is 0. The molecule has 0 bridgehead atoms. The summed E-state index contributed by atoms with van der Waals surface area (Å²) < 4.78 is 2.03. The molecule has 8 nitrogen and oxygen atoms in total. The van der Waals surface area contributed by atoms with Gasteiger partial charge in [0.05, 0.1) is 29.2 Å². The molecule has 31 heavy (non-hydrogen) atoms. The lowest BCUT2D eigenvalue weighted by Gasteiger charge is -2.16. The van der Waals surface area contributed by atoms with Crippen molar-refractivity contribution in [3.63, 3.8) is 0 Å². The minimum atomic E-state index is -0.203. The maximum Gasteiger partial charge on any atom is 0.256 e. The Morgan fingerprint density at radius 3 is 2.68 bits per heavy atom. The van der Waals surface area contributed by atoms with Crippen LogP contribution in [0.2, 0.25) is 0 Å². The van der Waals surface area contributed by atoms with E-state index in [1.165, 1.54) is 0 Å². The zero-order valence-electron chi connectivity index (χ0n) is 16.6.